The van der Waals surface area contributed by atoms with Gasteiger partial charge in [-0.2, -0.15) is 4.31 Å². The minimum atomic E-state index is -3.64. The third-order valence-corrected chi connectivity index (χ3v) is 7.53. The number of ether oxygens (including phenoxy) is 1. The lowest BCUT2D eigenvalue weighted by atomic mass is 10.0. The summed E-state index contributed by atoms with van der Waals surface area (Å²) in [7, 11) is -3.64. The second-order valence-electron chi connectivity index (χ2n) is 7.32. The Bertz CT molecular complexity index is 942. The summed E-state index contributed by atoms with van der Waals surface area (Å²) in [6.45, 7) is 2.05. The van der Waals surface area contributed by atoms with E-state index >= 15 is 0 Å². The Hall–Kier alpha value is -2.42. The molecule has 0 bridgehead atoms. The third-order valence-electron chi connectivity index (χ3n) is 5.57. The summed E-state index contributed by atoms with van der Waals surface area (Å²) in [5.74, 6) is 0. The molecule has 1 N–H and O–H groups in total. The number of likely N-dealkylation sites (tertiary alicyclic amines) is 1. The zero-order valence-electron chi connectivity index (χ0n) is 16.2. The fraction of sp³-hybridized carbons (Fsp3) is 0.381. The van der Waals surface area contributed by atoms with E-state index in [1.807, 2.05) is 30.3 Å². The summed E-state index contributed by atoms with van der Waals surface area (Å²) in [6, 6.07) is 18.0. The quantitative estimate of drug-likeness (QED) is 0.832. The summed E-state index contributed by atoms with van der Waals surface area (Å²) in [5, 5.41) is 2.93. The lowest BCUT2D eigenvalue weighted by Gasteiger charge is -2.42. The zero-order chi connectivity index (χ0) is 20.3. The molecular formula is C21H25N3O4S. The molecule has 2 amide bonds. The molecular weight excluding hydrogens is 390 g/mol. The monoisotopic (exact) mass is 415 g/mol. The minimum absolute atomic E-state index is 0.140. The van der Waals surface area contributed by atoms with E-state index in [0.29, 0.717) is 45.6 Å². The molecule has 2 fully saturated rings. The van der Waals surface area contributed by atoms with Crippen molar-refractivity contribution in [1.29, 1.82) is 0 Å². The fourth-order valence-corrected chi connectivity index (χ4v) is 5.74. The van der Waals surface area contributed by atoms with Gasteiger partial charge in [-0.15, -0.1) is 0 Å². The lowest BCUT2D eigenvalue weighted by Crippen LogP contribution is -2.56. The highest BCUT2D eigenvalue weighted by Crippen LogP contribution is 2.38. The van der Waals surface area contributed by atoms with Gasteiger partial charge in [-0.3, -0.25) is 0 Å². The maximum Gasteiger partial charge on any atom is 0.317 e. The van der Waals surface area contributed by atoms with Gasteiger partial charge in [0.15, 0.2) is 0 Å². The van der Waals surface area contributed by atoms with Crippen molar-refractivity contribution >= 4 is 16.1 Å². The Labute approximate surface area is 171 Å². The Balaban J connectivity index is 1.40. The van der Waals surface area contributed by atoms with Gasteiger partial charge in [-0.05, 0) is 17.7 Å². The van der Waals surface area contributed by atoms with Crippen LogP contribution in [0.5, 0.6) is 0 Å². The van der Waals surface area contributed by atoms with Crippen molar-refractivity contribution in [3.05, 3.63) is 66.2 Å². The number of nitrogens with zero attached hydrogens (tertiary/aromatic N) is 2. The van der Waals surface area contributed by atoms with Crippen LogP contribution in [0.3, 0.4) is 0 Å². The van der Waals surface area contributed by atoms with Crippen LogP contribution in [-0.4, -0.2) is 55.6 Å². The van der Waals surface area contributed by atoms with Gasteiger partial charge in [0.05, 0.1) is 11.5 Å². The molecule has 2 aliphatic rings. The number of carbonyl (C=O) groups is 1. The predicted molar refractivity (Wildman–Crippen MR) is 109 cm³/mol. The molecule has 0 atom stereocenters. The first-order valence-electron chi connectivity index (χ1n) is 9.80. The normalized spacial score (nSPS) is 19.4. The van der Waals surface area contributed by atoms with Crippen molar-refractivity contribution in [2.24, 2.45) is 0 Å². The molecule has 0 radical (unpaired) electrons. The van der Waals surface area contributed by atoms with E-state index in [1.165, 1.54) is 4.31 Å². The number of benzene rings is 2. The van der Waals surface area contributed by atoms with Gasteiger partial charge in [0, 0.05) is 39.0 Å². The van der Waals surface area contributed by atoms with Crippen LogP contribution >= 0.6 is 0 Å². The second-order valence-corrected chi connectivity index (χ2v) is 9.18. The maximum absolute atomic E-state index is 13.1. The highest BCUT2D eigenvalue weighted by Gasteiger charge is 2.50. The first-order chi connectivity index (χ1) is 14.0. The Kier molecular flexibility index (Phi) is 5.58. The number of carbonyl (C=O) groups excluding carboxylic acids is 1. The summed E-state index contributed by atoms with van der Waals surface area (Å²) in [4.78, 5) is 14.5. The van der Waals surface area contributed by atoms with Crippen LogP contribution in [-0.2, 0) is 21.3 Å². The summed E-state index contributed by atoms with van der Waals surface area (Å²) < 4.78 is 33.7. The van der Waals surface area contributed by atoms with Gasteiger partial charge >= 0.3 is 6.03 Å². The van der Waals surface area contributed by atoms with E-state index in [2.05, 4.69) is 5.32 Å². The molecule has 2 aliphatic heterocycles. The highest BCUT2D eigenvalue weighted by molar-refractivity contribution is 7.89. The molecule has 0 aliphatic carbocycles. The Morgan fingerprint density at radius 3 is 2.24 bits per heavy atom. The SMILES string of the molecule is O=C(NCc1ccccc1)N1CCC2(CC1)OCCN2S(=O)(=O)c1ccccc1. The van der Waals surface area contributed by atoms with Gasteiger partial charge in [-0.25, -0.2) is 13.2 Å². The lowest BCUT2D eigenvalue weighted by molar-refractivity contribution is -0.0845. The first-order valence-corrected chi connectivity index (χ1v) is 11.2. The van der Waals surface area contributed by atoms with Crippen molar-refractivity contribution in [2.45, 2.75) is 30.0 Å². The Morgan fingerprint density at radius 2 is 1.59 bits per heavy atom. The van der Waals surface area contributed by atoms with Gasteiger partial charge < -0.3 is 15.0 Å². The maximum atomic E-state index is 13.1. The summed E-state index contributed by atoms with van der Waals surface area (Å²) in [6.07, 6.45) is 0.912. The van der Waals surface area contributed by atoms with E-state index in [1.54, 1.807) is 35.2 Å². The number of sulfonamides is 1. The molecule has 29 heavy (non-hydrogen) atoms. The van der Waals surface area contributed by atoms with Crippen molar-refractivity contribution in [2.75, 3.05) is 26.2 Å². The van der Waals surface area contributed by atoms with Crippen LogP contribution in [0, 0.1) is 0 Å². The number of hydrogen-bond acceptors (Lipinski definition) is 4. The first kappa shape index (κ1) is 19.9. The summed E-state index contributed by atoms with van der Waals surface area (Å²) >= 11 is 0. The average molecular weight is 416 g/mol. The highest BCUT2D eigenvalue weighted by atomic mass is 32.2. The predicted octanol–water partition coefficient (Wildman–Crippen LogP) is 2.41. The molecule has 2 aromatic carbocycles. The van der Waals surface area contributed by atoms with Gasteiger partial charge in [0.1, 0.15) is 5.72 Å². The van der Waals surface area contributed by atoms with Crippen molar-refractivity contribution in [3.8, 4) is 0 Å². The number of nitrogens with one attached hydrogen (secondary N) is 1. The smallest absolute Gasteiger partial charge is 0.317 e. The van der Waals surface area contributed by atoms with E-state index in [0.717, 1.165) is 5.56 Å². The van der Waals surface area contributed by atoms with E-state index in [-0.39, 0.29) is 10.9 Å². The van der Waals surface area contributed by atoms with Crippen molar-refractivity contribution < 1.29 is 17.9 Å². The molecule has 0 saturated carbocycles. The molecule has 1 spiro atoms. The minimum Gasteiger partial charge on any atom is -0.358 e. The van der Waals surface area contributed by atoms with Crippen LogP contribution in [0.2, 0.25) is 0 Å². The van der Waals surface area contributed by atoms with E-state index in [9.17, 15) is 13.2 Å². The second kappa shape index (κ2) is 8.14. The van der Waals surface area contributed by atoms with Crippen LogP contribution in [0.1, 0.15) is 18.4 Å². The van der Waals surface area contributed by atoms with Crippen molar-refractivity contribution in [3.63, 3.8) is 0 Å². The number of urea groups is 1. The van der Waals surface area contributed by atoms with Gasteiger partial charge in [0.25, 0.3) is 0 Å². The zero-order valence-corrected chi connectivity index (χ0v) is 17.0. The Morgan fingerprint density at radius 1 is 0.966 bits per heavy atom. The van der Waals surface area contributed by atoms with Gasteiger partial charge in [-0.1, -0.05) is 48.5 Å². The molecule has 154 valence electrons. The average Bonchev–Trinajstić information content (AvgIpc) is 3.18. The van der Waals surface area contributed by atoms with E-state index in [4.69, 9.17) is 4.74 Å². The fourth-order valence-electron chi connectivity index (χ4n) is 3.99. The number of hydrogen-bond donors (Lipinski definition) is 1. The van der Waals surface area contributed by atoms with Crippen LogP contribution in [0.25, 0.3) is 0 Å². The van der Waals surface area contributed by atoms with Crippen LogP contribution in [0.4, 0.5) is 4.79 Å². The number of amides is 2. The third kappa shape index (κ3) is 4.01. The van der Waals surface area contributed by atoms with Crippen LogP contribution in [0.15, 0.2) is 65.6 Å². The standard InChI is InChI=1S/C21H25N3O4S/c25-20(22-17-18-7-3-1-4-8-18)23-13-11-21(12-14-23)24(15-16-28-21)29(26,27)19-9-5-2-6-10-19/h1-10H,11-17H2,(H,22,25). The molecule has 0 unspecified atom stereocenters. The number of rotatable bonds is 4. The van der Waals surface area contributed by atoms with Gasteiger partial charge in [0.2, 0.25) is 10.0 Å². The van der Waals surface area contributed by atoms with Crippen molar-refractivity contribution in [1.82, 2.24) is 14.5 Å². The number of piperidine rings is 1. The largest absolute Gasteiger partial charge is 0.358 e. The van der Waals surface area contributed by atoms with Crippen LogP contribution < -0.4 is 5.32 Å². The molecule has 2 aromatic rings. The van der Waals surface area contributed by atoms with E-state index < -0.39 is 15.7 Å². The summed E-state index contributed by atoms with van der Waals surface area (Å²) in [5.41, 5.74) is 0.166. The molecule has 0 aromatic heterocycles. The topological polar surface area (TPSA) is 79.0 Å². The molecule has 2 saturated heterocycles. The molecule has 7 nitrogen and oxygen atoms in total. The molecule has 8 heteroatoms. The molecule has 4 rings (SSSR count). The molecule has 2 heterocycles.